The molecule has 0 saturated heterocycles. The summed E-state index contributed by atoms with van der Waals surface area (Å²) < 4.78 is 2.24. The number of nitrogens with zero attached hydrogens (tertiary/aromatic N) is 2. The van der Waals surface area contributed by atoms with Crippen molar-refractivity contribution in [2.24, 2.45) is 5.73 Å². The lowest BCUT2D eigenvalue weighted by Crippen LogP contribution is -2.08. The van der Waals surface area contributed by atoms with Gasteiger partial charge in [0.15, 0.2) is 0 Å². The van der Waals surface area contributed by atoms with Gasteiger partial charge in [0.2, 0.25) is 0 Å². The van der Waals surface area contributed by atoms with E-state index >= 15 is 0 Å². The number of hydrogen-bond acceptors (Lipinski definition) is 2. The fraction of sp³-hybridized carbons (Fsp3) is 0.667. The number of hydrogen-bond donors (Lipinski definition) is 1. The second-order valence-corrected chi connectivity index (χ2v) is 3.52. The third kappa shape index (κ3) is 1.25. The maximum Gasteiger partial charge on any atom is 0.109 e. The van der Waals surface area contributed by atoms with Gasteiger partial charge in [-0.1, -0.05) is 0 Å². The third-order valence-electron chi connectivity index (χ3n) is 2.39. The fourth-order valence-corrected chi connectivity index (χ4v) is 1.65. The quantitative estimate of drug-likeness (QED) is 0.680. The van der Waals surface area contributed by atoms with E-state index in [9.17, 15) is 0 Å². The summed E-state index contributed by atoms with van der Waals surface area (Å²) >= 11 is 0. The summed E-state index contributed by atoms with van der Waals surface area (Å²) in [7, 11) is 0. The predicted molar refractivity (Wildman–Crippen MR) is 47.8 cm³/mol. The molecule has 0 amide bonds. The van der Waals surface area contributed by atoms with Gasteiger partial charge in [0.25, 0.3) is 0 Å². The van der Waals surface area contributed by atoms with E-state index in [1.54, 1.807) is 0 Å². The molecule has 66 valence electrons. The van der Waals surface area contributed by atoms with Crippen molar-refractivity contribution in [3.05, 3.63) is 17.7 Å². The van der Waals surface area contributed by atoms with Gasteiger partial charge >= 0.3 is 0 Å². The van der Waals surface area contributed by atoms with Crippen LogP contribution >= 0.6 is 0 Å². The van der Waals surface area contributed by atoms with Gasteiger partial charge in [0.05, 0.1) is 5.69 Å². The molecule has 3 nitrogen and oxygen atoms in total. The van der Waals surface area contributed by atoms with Crippen LogP contribution in [0.2, 0.25) is 0 Å². The number of rotatable bonds is 1. The SMILES string of the molecule is C[C@H](N)c1cn2c(n1)CCCC2. The topological polar surface area (TPSA) is 43.8 Å². The van der Waals surface area contributed by atoms with E-state index in [1.807, 2.05) is 6.92 Å². The molecule has 0 spiro atoms. The molecule has 1 aromatic heterocycles. The molecule has 1 aromatic rings. The summed E-state index contributed by atoms with van der Waals surface area (Å²) in [4.78, 5) is 4.49. The molecule has 0 radical (unpaired) electrons. The minimum atomic E-state index is 0.0723. The van der Waals surface area contributed by atoms with Crippen molar-refractivity contribution in [3.63, 3.8) is 0 Å². The Balaban J connectivity index is 2.32. The Morgan fingerprint density at radius 2 is 2.42 bits per heavy atom. The minimum Gasteiger partial charge on any atom is -0.335 e. The van der Waals surface area contributed by atoms with Crippen molar-refractivity contribution in [1.29, 1.82) is 0 Å². The van der Waals surface area contributed by atoms with E-state index in [-0.39, 0.29) is 6.04 Å². The summed E-state index contributed by atoms with van der Waals surface area (Å²) in [6, 6.07) is 0.0723. The highest BCUT2D eigenvalue weighted by Gasteiger charge is 2.13. The molecule has 1 aliphatic heterocycles. The highest BCUT2D eigenvalue weighted by Crippen LogP contribution is 2.16. The summed E-state index contributed by atoms with van der Waals surface area (Å²) in [6.45, 7) is 3.10. The summed E-state index contributed by atoms with van der Waals surface area (Å²) in [5, 5.41) is 0. The first kappa shape index (κ1) is 7.80. The van der Waals surface area contributed by atoms with E-state index in [0.29, 0.717) is 0 Å². The van der Waals surface area contributed by atoms with Crippen LogP contribution in [0.1, 0.15) is 37.3 Å². The summed E-state index contributed by atoms with van der Waals surface area (Å²) in [5.41, 5.74) is 6.78. The van der Waals surface area contributed by atoms with Crippen LogP contribution in [0, 0.1) is 0 Å². The van der Waals surface area contributed by atoms with Gasteiger partial charge in [-0.2, -0.15) is 0 Å². The Morgan fingerprint density at radius 3 is 3.08 bits per heavy atom. The Hall–Kier alpha value is -0.830. The Labute approximate surface area is 72.6 Å². The maximum atomic E-state index is 5.75. The molecule has 0 aliphatic carbocycles. The normalized spacial score (nSPS) is 18.8. The molecule has 3 heteroatoms. The molecule has 2 rings (SSSR count). The van der Waals surface area contributed by atoms with Gasteiger partial charge in [-0.05, 0) is 19.8 Å². The van der Waals surface area contributed by atoms with Gasteiger partial charge in [0.1, 0.15) is 5.82 Å². The number of imidazole rings is 1. The first-order valence-electron chi connectivity index (χ1n) is 4.59. The van der Waals surface area contributed by atoms with Crippen molar-refractivity contribution >= 4 is 0 Å². The zero-order chi connectivity index (χ0) is 8.55. The second kappa shape index (κ2) is 2.90. The monoisotopic (exact) mass is 165 g/mol. The Kier molecular flexibility index (Phi) is 1.89. The lowest BCUT2D eigenvalue weighted by atomic mass is 10.2. The van der Waals surface area contributed by atoms with Crippen LogP contribution < -0.4 is 5.73 Å². The molecule has 0 saturated carbocycles. The molecule has 1 atom stereocenters. The van der Waals surface area contributed by atoms with E-state index in [1.165, 1.54) is 18.7 Å². The van der Waals surface area contributed by atoms with Crippen LogP contribution in [-0.2, 0) is 13.0 Å². The molecule has 2 heterocycles. The average molecular weight is 165 g/mol. The highest BCUT2D eigenvalue weighted by molar-refractivity contribution is 5.09. The van der Waals surface area contributed by atoms with Gasteiger partial charge in [-0.25, -0.2) is 4.98 Å². The van der Waals surface area contributed by atoms with Crippen LogP contribution in [0.4, 0.5) is 0 Å². The van der Waals surface area contributed by atoms with E-state index in [4.69, 9.17) is 5.73 Å². The highest BCUT2D eigenvalue weighted by atomic mass is 15.1. The number of aryl methyl sites for hydroxylation is 2. The van der Waals surface area contributed by atoms with Gasteiger partial charge in [-0.15, -0.1) is 0 Å². The van der Waals surface area contributed by atoms with Gasteiger partial charge < -0.3 is 10.3 Å². The lowest BCUT2D eigenvalue weighted by molar-refractivity contribution is 0.522. The molecule has 12 heavy (non-hydrogen) atoms. The van der Waals surface area contributed by atoms with Crippen LogP contribution in [0.3, 0.4) is 0 Å². The van der Waals surface area contributed by atoms with Crippen molar-refractivity contribution < 1.29 is 0 Å². The number of aromatic nitrogens is 2. The van der Waals surface area contributed by atoms with E-state index in [2.05, 4.69) is 15.7 Å². The molecule has 0 unspecified atom stereocenters. The minimum absolute atomic E-state index is 0.0723. The number of nitrogens with two attached hydrogens (primary N) is 1. The second-order valence-electron chi connectivity index (χ2n) is 3.52. The molecule has 0 fully saturated rings. The van der Waals surface area contributed by atoms with Gasteiger partial charge in [-0.3, -0.25) is 0 Å². The van der Waals surface area contributed by atoms with Crippen molar-refractivity contribution in [1.82, 2.24) is 9.55 Å². The van der Waals surface area contributed by atoms with E-state index < -0.39 is 0 Å². The molecule has 1 aliphatic rings. The zero-order valence-electron chi connectivity index (χ0n) is 7.45. The van der Waals surface area contributed by atoms with Crippen molar-refractivity contribution in [2.75, 3.05) is 0 Å². The number of fused-ring (bicyclic) bond motifs is 1. The molecule has 0 aromatic carbocycles. The van der Waals surface area contributed by atoms with Crippen molar-refractivity contribution in [3.8, 4) is 0 Å². The first-order valence-corrected chi connectivity index (χ1v) is 4.59. The maximum absolute atomic E-state index is 5.75. The Morgan fingerprint density at radius 1 is 1.58 bits per heavy atom. The van der Waals surface area contributed by atoms with Gasteiger partial charge in [0, 0.05) is 25.2 Å². The lowest BCUT2D eigenvalue weighted by Gasteiger charge is -2.11. The fourth-order valence-electron chi connectivity index (χ4n) is 1.65. The van der Waals surface area contributed by atoms with E-state index in [0.717, 1.165) is 18.7 Å². The predicted octanol–water partition coefficient (Wildman–Crippen LogP) is 1.24. The first-order chi connectivity index (χ1) is 5.77. The Bertz CT molecular complexity index is 252. The molecular formula is C9H15N3. The van der Waals surface area contributed by atoms with Crippen LogP contribution in [0.5, 0.6) is 0 Å². The summed E-state index contributed by atoms with van der Waals surface area (Å²) in [5.74, 6) is 1.22. The summed E-state index contributed by atoms with van der Waals surface area (Å²) in [6.07, 6.45) is 5.77. The molecule has 2 N–H and O–H groups in total. The smallest absolute Gasteiger partial charge is 0.109 e. The standard InChI is InChI=1S/C9H15N3/c1-7(10)8-6-12-5-3-2-4-9(12)11-8/h6-7H,2-5,10H2,1H3/t7-/m0/s1. The molecular weight excluding hydrogens is 150 g/mol. The van der Waals surface area contributed by atoms with Crippen LogP contribution in [0.15, 0.2) is 6.20 Å². The zero-order valence-corrected chi connectivity index (χ0v) is 7.45. The average Bonchev–Trinajstić information content (AvgIpc) is 2.46. The van der Waals surface area contributed by atoms with Crippen LogP contribution in [-0.4, -0.2) is 9.55 Å². The van der Waals surface area contributed by atoms with Crippen molar-refractivity contribution in [2.45, 2.75) is 38.8 Å². The molecule has 0 bridgehead atoms. The largest absolute Gasteiger partial charge is 0.335 e. The third-order valence-corrected chi connectivity index (χ3v) is 2.39. The van der Waals surface area contributed by atoms with Crippen LogP contribution in [0.25, 0.3) is 0 Å².